The van der Waals surface area contributed by atoms with Gasteiger partial charge in [0.1, 0.15) is 5.82 Å². The highest BCUT2D eigenvalue weighted by molar-refractivity contribution is 5.91. The standard InChI is InChI=1S/C13H16N4O4/c1-8(5-6-18)14-12-10-7-9(17(20)21)3-4-11(10)16(2)13(19)15-12/h3-4,7-8,18H,5-6H2,1-2H3,(H,14,15,19)/t8-/m0/s1. The van der Waals surface area contributed by atoms with Crippen LogP contribution in [0.4, 0.5) is 11.5 Å². The molecule has 1 aromatic carbocycles. The second-order valence-electron chi connectivity index (χ2n) is 4.82. The van der Waals surface area contributed by atoms with Crippen LogP contribution in [-0.2, 0) is 7.05 Å². The number of aliphatic hydroxyl groups excluding tert-OH is 1. The van der Waals surface area contributed by atoms with Crippen LogP contribution in [0.25, 0.3) is 10.9 Å². The zero-order valence-corrected chi connectivity index (χ0v) is 11.7. The van der Waals surface area contributed by atoms with E-state index in [1.165, 1.54) is 22.8 Å². The SMILES string of the molecule is C[C@@H](CCO)Nc1nc(=O)n(C)c2ccc([N+](=O)[O-])cc12. The van der Waals surface area contributed by atoms with Crippen molar-refractivity contribution >= 4 is 22.4 Å². The molecular weight excluding hydrogens is 276 g/mol. The number of anilines is 1. The van der Waals surface area contributed by atoms with E-state index >= 15 is 0 Å². The monoisotopic (exact) mass is 292 g/mol. The Labute approximate surface area is 120 Å². The number of nitro benzene ring substituents is 1. The van der Waals surface area contributed by atoms with E-state index in [1.807, 2.05) is 6.92 Å². The summed E-state index contributed by atoms with van der Waals surface area (Å²) in [7, 11) is 1.56. The summed E-state index contributed by atoms with van der Waals surface area (Å²) < 4.78 is 1.33. The molecule has 112 valence electrons. The number of hydrogen-bond donors (Lipinski definition) is 2. The Morgan fingerprint density at radius 1 is 1.52 bits per heavy atom. The molecular formula is C13H16N4O4. The third kappa shape index (κ3) is 3.00. The van der Waals surface area contributed by atoms with Gasteiger partial charge in [-0.25, -0.2) is 4.79 Å². The van der Waals surface area contributed by atoms with Crippen molar-refractivity contribution in [3.63, 3.8) is 0 Å². The van der Waals surface area contributed by atoms with Crippen LogP contribution in [-0.4, -0.2) is 32.2 Å². The molecule has 0 spiro atoms. The van der Waals surface area contributed by atoms with Gasteiger partial charge in [-0.05, 0) is 19.4 Å². The topological polar surface area (TPSA) is 110 Å². The van der Waals surface area contributed by atoms with E-state index in [1.54, 1.807) is 7.05 Å². The van der Waals surface area contributed by atoms with E-state index in [0.717, 1.165) is 0 Å². The number of hydrogen-bond acceptors (Lipinski definition) is 6. The number of aryl methyl sites for hydroxylation is 1. The van der Waals surface area contributed by atoms with Crippen molar-refractivity contribution in [1.29, 1.82) is 0 Å². The van der Waals surface area contributed by atoms with Crippen LogP contribution in [0.3, 0.4) is 0 Å². The highest BCUT2D eigenvalue weighted by Crippen LogP contribution is 2.25. The molecule has 0 fully saturated rings. The largest absolute Gasteiger partial charge is 0.396 e. The molecule has 8 heteroatoms. The minimum Gasteiger partial charge on any atom is -0.396 e. The van der Waals surface area contributed by atoms with E-state index in [2.05, 4.69) is 10.3 Å². The van der Waals surface area contributed by atoms with Crippen LogP contribution in [0.1, 0.15) is 13.3 Å². The Morgan fingerprint density at radius 3 is 2.86 bits per heavy atom. The Hall–Kier alpha value is -2.48. The van der Waals surface area contributed by atoms with Gasteiger partial charge in [0.15, 0.2) is 0 Å². The average molecular weight is 292 g/mol. The number of aromatic nitrogens is 2. The zero-order chi connectivity index (χ0) is 15.6. The lowest BCUT2D eigenvalue weighted by molar-refractivity contribution is -0.384. The summed E-state index contributed by atoms with van der Waals surface area (Å²) in [5.41, 5.74) is 0.0372. The molecule has 0 amide bonds. The Kier molecular flexibility index (Phi) is 4.18. The van der Waals surface area contributed by atoms with Gasteiger partial charge >= 0.3 is 5.69 Å². The minimum atomic E-state index is -0.495. The van der Waals surface area contributed by atoms with Crippen LogP contribution >= 0.6 is 0 Å². The molecule has 21 heavy (non-hydrogen) atoms. The van der Waals surface area contributed by atoms with Crippen molar-refractivity contribution in [3.8, 4) is 0 Å². The summed E-state index contributed by atoms with van der Waals surface area (Å²) in [5.74, 6) is 0.290. The average Bonchev–Trinajstić information content (AvgIpc) is 2.44. The number of nitro groups is 1. The maximum absolute atomic E-state index is 11.8. The molecule has 0 aliphatic rings. The number of rotatable bonds is 5. The first kappa shape index (κ1) is 14.9. The summed E-state index contributed by atoms with van der Waals surface area (Å²) in [6, 6.07) is 4.15. The van der Waals surface area contributed by atoms with E-state index in [4.69, 9.17) is 5.11 Å². The zero-order valence-electron chi connectivity index (χ0n) is 11.7. The highest BCUT2D eigenvalue weighted by Gasteiger charge is 2.14. The Bertz CT molecular complexity index is 741. The van der Waals surface area contributed by atoms with Crippen molar-refractivity contribution in [2.45, 2.75) is 19.4 Å². The number of aliphatic hydroxyl groups is 1. The summed E-state index contributed by atoms with van der Waals surface area (Å²) in [5, 5.41) is 23.3. The number of benzene rings is 1. The molecule has 2 aromatic rings. The molecule has 2 N–H and O–H groups in total. The van der Waals surface area contributed by atoms with E-state index < -0.39 is 10.6 Å². The Morgan fingerprint density at radius 2 is 2.24 bits per heavy atom. The second kappa shape index (κ2) is 5.88. The normalized spacial score (nSPS) is 12.3. The summed E-state index contributed by atoms with van der Waals surface area (Å²) in [6.07, 6.45) is 0.479. The van der Waals surface area contributed by atoms with Gasteiger partial charge in [0, 0.05) is 37.2 Å². The van der Waals surface area contributed by atoms with Crippen LogP contribution < -0.4 is 11.0 Å². The molecule has 0 saturated heterocycles. The van der Waals surface area contributed by atoms with Crippen LogP contribution in [0.2, 0.25) is 0 Å². The van der Waals surface area contributed by atoms with Crippen LogP contribution in [0.15, 0.2) is 23.0 Å². The first-order valence-corrected chi connectivity index (χ1v) is 6.46. The van der Waals surface area contributed by atoms with E-state index in [0.29, 0.717) is 17.3 Å². The van der Waals surface area contributed by atoms with E-state index in [9.17, 15) is 14.9 Å². The summed E-state index contributed by atoms with van der Waals surface area (Å²) in [6.45, 7) is 1.83. The van der Waals surface area contributed by atoms with E-state index in [-0.39, 0.29) is 24.2 Å². The fraction of sp³-hybridized carbons (Fsp3) is 0.385. The molecule has 1 heterocycles. The maximum Gasteiger partial charge on any atom is 0.349 e. The molecule has 0 aliphatic heterocycles. The molecule has 0 saturated carbocycles. The number of nitrogens with zero attached hydrogens (tertiary/aromatic N) is 3. The molecule has 0 radical (unpaired) electrons. The molecule has 2 rings (SSSR count). The van der Waals surface area contributed by atoms with Crippen molar-refractivity contribution in [3.05, 3.63) is 38.8 Å². The minimum absolute atomic E-state index is 0.00289. The number of nitrogens with one attached hydrogen (secondary N) is 1. The molecule has 0 aliphatic carbocycles. The van der Waals surface area contributed by atoms with Gasteiger partial charge in [-0.15, -0.1) is 0 Å². The fourth-order valence-corrected chi connectivity index (χ4v) is 2.06. The third-order valence-corrected chi connectivity index (χ3v) is 3.25. The molecule has 0 bridgehead atoms. The number of non-ortho nitro benzene ring substituents is 1. The second-order valence-corrected chi connectivity index (χ2v) is 4.82. The van der Waals surface area contributed by atoms with Crippen molar-refractivity contribution in [2.24, 2.45) is 7.05 Å². The quantitative estimate of drug-likeness (QED) is 0.629. The van der Waals surface area contributed by atoms with Crippen molar-refractivity contribution < 1.29 is 10.0 Å². The van der Waals surface area contributed by atoms with Gasteiger partial charge in [0.2, 0.25) is 0 Å². The smallest absolute Gasteiger partial charge is 0.349 e. The number of fused-ring (bicyclic) bond motifs is 1. The van der Waals surface area contributed by atoms with Crippen LogP contribution in [0, 0.1) is 10.1 Å². The first-order valence-electron chi connectivity index (χ1n) is 6.46. The molecule has 0 unspecified atom stereocenters. The summed E-state index contributed by atoms with van der Waals surface area (Å²) in [4.78, 5) is 26.2. The first-order chi connectivity index (χ1) is 9.93. The van der Waals surface area contributed by atoms with Crippen molar-refractivity contribution in [1.82, 2.24) is 9.55 Å². The lowest BCUT2D eigenvalue weighted by Gasteiger charge is -2.15. The lowest BCUT2D eigenvalue weighted by atomic mass is 10.2. The fourth-order valence-electron chi connectivity index (χ4n) is 2.06. The third-order valence-electron chi connectivity index (χ3n) is 3.25. The van der Waals surface area contributed by atoms with Crippen molar-refractivity contribution in [2.75, 3.05) is 11.9 Å². The lowest BCUT2D eigenvalue weighted by Crippen LogP contribution is -2.25. The molecule has 8 nitrogen and oxygen atoms in total. The van der Waals surface area contributed by atoms with Gasteiger partial charge < -0.3 is 10.4 Å². The maximum atomic E-state index is 11.8. The summed E-state index contributed by atoms with van der Waals surface area (Å²) >= 11 is 0. The highest BCUT2D eigenvalue weighted by atomic mass is 16.6. The Balaban J connectivity index is 2.62. The van der Waals surface area contributed by atoms with Crippen LogP contribution in [0.5, 0.6) is 0 Å². The van der Waals surface area contributed by atoms with Gasteiger partial charge in [0.25, 0.3) is 5.69 Å². The van der Waals surface area contributed by atoms with Gasteiger partial charge in [-0.3, -0.25) is 14.7 Å². The predicted molar refractivity (Wildman–Crippen MR) is 78.4 cm³/mol. The molecule has 1 aromatic heterocycles. The van der Waals surface area contributed by atoms with Gasteiger partial charge in [-0.1, -0.05) is 0 Å². The predicted octanol–water partition coefficient (Wildman–Crippen LogP) is 1.02. The van der Waals surface area contributed by atoms with Gasteiger partial charge in [0.05, 0.1) is 10.4 Å². The molecule has 1 atom stereocenters. The van der Waals surface area contributed by atoms with Gasteiger partial charge in [-0.2, -0.15) is 4.98 Å².